The minimum absolute atomic E-state index is 0.0285. The Hall–Kier alpha value is -1.50. The van der Waals surface area contributed by atoms with E-state index in [1.165, 1.54) is 0 Å². The van der Waals surface area contributed by atoms with E-state index < -0.39 is 0 Å². The predicted octanol–water partition coefficient (Wildman–Crippen LogP) is -0.710. The van der Waals surface area contributed by atoms with Gasteiger partial charge in [-0.25, -0.2) is 0 Å². The maximum Gasteiger partial charge on any atom is 0.254 e. The molecule has 19 heavy (non-hydrogen) atoms. The lowest BCUT2D eigenvalue weighted by Gasteiger charge is -2.34. The quantitative estimate of drug-likeness (QED) is 0.751. The van der Waals surface area contributed by atoms with Crippen LogP contribution in [-0.2, 0) is 6.54 Å². The van der Waals surface area contributed by atoms with Gasteiger partial charge in [-0.3, -0.25) is 14.7 Å². The molecule has 1 amide bonds. The molecule has 104 valence electrons. The minimum atomic E-state index is 0.0285. The fourth-order valence-electron chi connectivity index (χ4n) is 2.22. The van der Waals surface area contributed by atoms with Crippen molar-refractivity contribution in [3.05, 3.63) is 29.6 Å². The number of pyridine rings is 1. The summed E-state index contributed by atoms with van der Waals surface area (Å²) in [4.78, 5) is 20.4. The zero-order valence-corrected chi connectivity index (χ0v) is 11.0. The monoisotopic (exact) mass is 264 g/mol. The Morgan fingerprint density at radius 2 is 2.11 bits per heavy atom. The molecule has 1 aliphatic heterocycles. The molecule has 0 unspecified atom stereocenters. The molecule has 0 radical (unpaired) electrons. The Morgan fingerprint density at radius 3 is 2.74 bits per heavy atom. The zero-order chi connectivity index (χ0) is 13.7. The van der Waals surface area contributed by atoms with Gasteiger partial charge in [-0.15, -0.1) is 0 Å². The molecule has 2 rings (SSSR count). The van der Waals surface area contributed by atoms with Crippen molar-refractivity contribution in [3.8, 4) is 0 Å². The summed E-state index contributed by atoms with van der Waals surface area (Å²) in [6, 6.07) is 3.48. The molecule has 1 fully saturated rings. The third-order valence-corrected chi connectivity index (χ3v) is 3.35. The SMILES string of the molecule is NCc1cc(C(=O)N2CCN(CCO)CC2)ccn1. The van der Waals surface area contributed by atoms with Gasteiger partial charge in [0.25, 0.3) is 5.91 Å². The van der Waals surface area contributed by atoms with Crippen LogP contribution in [0.4, 0.5) is 0 Å². The molecule has 0 bridgehead atoms. The number of carbonyl (C=O) groups is 1. The Labute approximate surface area is 112 Å². The molecule has 0 saturated carbocycles. The molecule has 6 nitrogen and oxygen atoms in total. The molecule has 1 aliphatic rings. The highest BCUT2D eigenvalue weighted by Gasteiger charge is 2.21. The highest BCUT2D eigenvalue weighted by Crippen LogP contribution is 2.09. The van der Waals surface area contributed by atoms with E-state index in [-0.39, 0.29) is 12.5 Å². The summed E-state index contributed by atoms with van der Waals surface area (Å²) in [6.07, 6.45) is 1.62. The van der Waals surface area contributed by atoms with Gasteiger partial charge < -0.3 is 15.7 Å². The largest absolute Gasteiger partial charge is 0.395 e. The van der Waals surface area contributed by atoms with Crippen LogP contribution in [0.15, 0.2) is 18.3 Å². The number of aromatic nitrogens is 1. The third-order valence-electron chi connectivity index (χ3n) is 3.35. The van der Waals surface area contributed by atoms with Crippen molar-refractivity contribution in [1.82, 2.24) is 14.8 Å². The van der Waals surface area contributed by atoms with Crippen molar-refractivity contribution in [3.63, 3.8) is 0 Å². The second-order valence-corrected chi connectivity index (χ2v) is 4.60. The third kappa shape index (κ3) is 3.50. The van der Waals surface area contributed by atoms with Crippen molar-refractivity contribution in [2.24, 2.45) is 5.73 Å². The first-order chi connectivity index (χ1) is 9.24. The lowest BCUT2D eigenvalue weighted by atomic mass is 10.2. The number of β-amino-alcohol motifs (C(OH)–C–C–N with tert-alkyl or cyclic N) is 1. The van der Waals surface area contributed by atoms with Crippen molar-refractivity contribution in [2.45, 2.75) is 6.54 Å². The van der Waals surface area contributed by atoms with E-state index >= 15 is 0 Å². The number of rotatable bonds is 4. The van der Waals surface area contributed by atoms with Crippen LogP contribution in [0.1, 0.15) is 16.1 Å². The van der Waals surface area contributed by atoms with Gasteiger partial charge in [0, 0.05) is 51.0 Å². The molecule has 3 N–H and O–H groups in total. The first-order valence-electron chi connectivity index (χ1n) is 6.52. The van der Waals surface area contributed by atoms with Crippen LogP contribution >= 0.6 is 0 Å². The summed E-state index contributed by atoms with van der Waals surface area (Å²) < 4.78 is 0. The molecular formula is C13H20N4O2. The number of piperazine rings is 1. The number of nitrogens with two attached hydrogens (primary N) is 1. The maximum atomic E-state index is 12.3. The Balaban J connectivity index is 1.97. The fourth-order valence-corrected chi connectivity index (χ4v) is 2.22. The Morgan fingerprint density at radius 1 is 1.37 bits per heavy atom. The number of carbonyl (C=O) groups excluding carboxylic acids is 1. The fraction of sp³-hybridized carbons (Fsp3) is 0.538. The number of aliphatic hydroxyl groups is 1. The van der Waals surface area contributed by atoms with Gasteiger partial charge in [-0.1, -0.05) is 0 Å². The minimum Gasteiger partial charge on any atom is -0.395 e. The van der Waals surface area contributed by atoms with E-state index in [0.717, 1.165) is 18.8 Å². The molecule has 0 spiro atoms. The van der Waals surface area contributed by atoms with Crippen LogP contribution in [0.3, 0.4) is 0 Å². The number of hydrogen-bond acceptors (Lipinski definition) is 5. The van der Waals surface area contributed by atoms with Crippen LogP contribution < -0.4 is 5.73 Å². The van der Waals surface area contributed by atoms with Crippen LogP contribution in [0, 0.1) is 0 Å². The van der Waals surface area contributed by atoms with Crippen molar-refractivity contribution in [1.29, 1.82) is 0 Å². The number of hydrogen-bond donors (Lipinski definition) is 2. The molecule has 0 aromatic carbocycles. The van der Waals surface area contributed by atoms with Crippen LogP contribution in [0.2, 0.25) is 0 Å². The van der Waals surface area contributed by atoms with Gasteiger partial charge in [-0.2, -0.15) is 0 Å². The molecule has 1 aromatic heterocycles. The van der Waals surface area contributed by atoms with E-state index in [2.05, 4.69) is 9.88 Å². The summed E-state index contributed by atoms with van der Waals surface area (Å²) in [6.45, 7) is 4.18. The average molecular weight is 264 g/mol. The van der Waals surface area contributed by atoms with Crippen molar-refractivity contribution >= 4 is 5.91 Å². The smallest absolute Gasteiger partial charge is 0.254 e. The molecule has 1 saturated heterocycles. The number of amides is 1. The van der Waals surface area contributed by atoms with Gasteiger partial charge >= 0.3 is 0 Å². The summed E-state index contributed by atoms with van der Waals surface area (Å²) in [5.74, 6) is 0.0285. The van der Waals surface area contributed by atoms with Crippen LogP contribution in [0.25, 0.3) is 0 Å². The van der Waals surface area contributed by atoms with Gasteiger partial charge in [0.05, 0.1) is 12.3 Å². The molecular weight excluding hydrogens is 244 g/mol. The summed E-state index contributed by atoms with van der Waals surface area (Å²) in [5, 5.41) is 8.89. The van der Waals surface area contributed by atoms with E-state index in [4.69, 9.17) is 10.8 Å². The van der Waals surface area contributed by atoms with Gasteiger partial charge in [0.2, 0.25) is 0 Å². The van der Waals surface area contributed by atoms with Crippen molar-refractivity contribution < 1.29 is 9.90 Å². The topological polar surface area (TPSA) is 82.7 Å². The summed E-state index contributed by atoms with van der Waals surface area (Å²) >= 11 is 0. The van der Waals surface area contributed by atoms with Crippen molar-refractivity contribution in [2.75, 3.05) is 39.3 Å². The highest BCUT2D eigenvalue weighted by molar-refractivity contribution is 5.94. The predicted molar refractivity (Wildman–Crippen MR) is 71.6 cm³/mol. The molecule has 2 heterocycles. The number of nitrogens with zero attached hydrogens (tertiary/aromatic N) is 3. The second kappa shape index (κ2) is 6.60. The number of aliphatic hydroxyl groups excluding tert-OH is 1. The van der Waals surface area contributed by atoms with E-state index in [0.29, 0.717) is 31.7 Å². The van der Waals surface area contributed by atoms with E-state index in [9.17, 15) is 4.79 Å². The van der Waals surface area contributed by atoms with E-state index in [1.54, 1.807) is 18.3 Å². The van der Waals surface area contributed by atoms with Crippen LogP contribution in [0.5, 0.6) is 0 Å². The van der Waals surface area contributed by atoms with Gasteiger partial charge in [0.1, 0.15) is 0 Å². The molecule has 0 atom stereocenters. The lowest BCUT2D eigenvalue weighted by molar-refractivity contribution is 0.0615. The molecule has 1 aromatic rings. The summed E-state index contributed by atoms with van der Waals surface area (Å²) in [7, 11) is 0. The Kier molecular flexibility index (Phi) is 4.84. The van der Waals surface area contributed by atoms with Crippen LogP contribution in [-0.4, -0.2) is 65.1 Å². The van der Waals surface area contributed by atoms with E-state index in [1.807, 2.05) is 4.90 Å². The first kappa shape index (κ1) is 13.9. The van der Waals surface area contributed by atoms with Gasteiger partial charge in [0.15, 0.2) is 0 Å². The molecule has 0 aliphatic carbocycles. The molecule has 6 heteroatoms. The van der Waals surface area contributed by atoms with Gasteiger partial charge in [-0.05, 0) is 12.1 Å². The lowest BCUT2D eigenvalue weighted by Crippen LogP contribution is -2.49. The highest BCUT2D eigenvalue weighted by atomic mass is 16.3. The Bertz CT molecular complexity index is 430. The normalized spacial score (nSPS) is 16.6. The summed E-state index contributed by atoms with van der Waals surface area (Å²) in [5.41, 5.74) is 6.90. The first-order valence-corrected chi connectivity index (χ1v) is 6.52. The zero-order valence-electron chi connectivity index (χ0n) is 11.0. The maximum absolute atomic E-state index is 12.3. The standard InChI is InChI=1S/C13H20N4O2/c14-10-12-9-11(1-2-15-12)13(19)17-5-3-16(4-6-17)7-8-18/h1-2,9,18H,3-8,10,14H2. The average Bonchev–Trinajstić information content (AvgIpc) is 2.48. The second-order valence-electron chi connectivity index (χ2n) is 4.60.